The van der Waals surface area contributed by atoms with Crippen molar-refractivity contribution in [2.24, 2.45) is 5.16 Å². The summed E-state index contributed by atoms with van der Waals surface area (Å²) >= 11 is 0. The van der Waals surface area contributed by atoms with Gasteiger partial charge in [-0.25, -0.2) is 0 Å². The van der Waals surface area contributed by atoms with Gasteiger partial charge in [0, 0.05) is 45.0 Å². The van der Waals surface area contributed by atoms with E-state index < -0.39 is 0 Å². The van der Waals surface area contributed by atoms with Crippen molar-refractivity contribution in [2.75, 3.05) is 32.7 Å². The van der Waals surface area contributed by atoms with E-state index in [-0.39, 0.29) is 18.5 Å². The number of benzene rings is 2. The van der Waals surface area contributed by atoms with Crippen LogP contribution in [0, 0.1) is 0 Å². The van der Waals surface area contributed by atoms with Crippen LogP contribution in [0.1, 0.15) is 54.5 Å². The molecule has 184 valence electrons. The highest BCUT2D eigenvalue weighted by molar-refractivity contribution is 5.85. The summed E-state index contributed by atoms with van der Waals surface area (Å²) < 4.78 is 0. The monoisotopic (exact) mass is 490 g/mol. The van der Waals surface area contributed by atoms with E-state index in [0.717, 1.165) is 51.1 Å². The van der Waals surface area contributed by atoms with Crippen LogP contribution in [0.15, 0.2) is 90.3 Å². The van der Waals surface area contributed by atoms with Crippen LogP contribution < -0.4 is 0 Å². The van der Waals surface area contributed by atoms with Crippen molar-refractivity contribution in [3.63, 3.8) is 0 Å². The molecule has 6 heteroatoms. The van der Waals surface area contributed by atoms with Crippen LogP contribution in [0.5, 0.6) is 0 Å². The molecule has 0 radical (unpaired) electrons. The molecule has 1 fully saturated rings. The molecule has 2 aliphatic heterocycles. The maximum Gasteiger partial charge on any atom is 0.158 e. The average molecular weight is 491 g/mol. The molecule has 0 amide bonds. The summed E-state index contributed by atoms with van der Waals surface area (Å²) in [6, 6.07) is 26.2. The lowest BCUT2D eigenvalue weighted by atomic mass is 9.96. The summed E-state index contributed by atoms with van der Waals surface area (Å²) in [7, 11) is 0. The normalized spacial score (nSPS) is 18.7. The van der Waals surface area contributed by atoms with Gasteiger partial charge in [-0.2, -0.15) is 0 Å². The van der Waals surface area contributed by atoms with Gasteiger partial charge in [0.15, 0.2) is 6.10 Å². The molecule has 1 atom stereocenters. The number of rotatable bonds is 9. The fraction of sp³-hybridized carbons (Fsp3) is 0.379. The largest absolute Gasteiger partial charge is 0.387 e. The van der Waals surface area contributed by atoms with Gasteiger partial charge in [-0.3, -0.25) is 9.88 Å². The zero-order valence-electron chi connectivity index (χ0n) is 20.2. The van der Waals surface area contributed by atoms with Crippen molar-refractivity contribution in [1.82, 2.24) is 14.8 Å². The number of hydrogen-bond acceptors (Lipinski definition) is 5. The number of oxime groups is 1. The Labute approximate surface area is 215 Å². The molecule has 0 N–H and O–H groups in total. The van der Waals surface area contributed by atoms with Gasteiger partial charge in [0.2, 0.25) is 0 Å². The predicted octanol–water partition coefficient (Wildman–Crippen LogP) is 5.90. The van der Waals surface area contributed by atoms with E-state index >= 15 is 0 Å². The lowest BCUT2D eigenvalue weighted by Crippen LogP contribution is -2.48. The van der Waals surface area contributed by atoms with Gasteiger partial charge < -0.3 is 9.74 Å². The van der Waals surface area contributed by atoms with Crippen molar-refractivity contribution in [3.8, 4) is 0 Å². The minimum absolute atomic E-state index is 0. The first-order chi connectivity index (χ1) is 16.9. The summed E-state index contributed by atoms with van der Waals surface area (Å²) in [6.45, 7) is 5.62. The summed E-state index contributed by atoms with van der Waals surface area (Å²) in [6.07, 6.45) is 8.01. The predicted molar refractivity (Wildman–Crippen MR) is 144 cm³/mol. The highest BCUT2D eigenvalue weighted by atomic mass is 35.5. The second-order valence-electron chi connectivity index (χ2n) is 9.29. The third-order valence-electron chi connectivity index (χ3n) is 7.00. The quantitative estimate of drug-likeness (QED) is 0.350. The van der Waals surface area contributed by atoms with Gasteiger partial charge in [0.25, 0.3) is 0 Å². The first-order valence-electron chi connectivity index (χ1n) is 12.5. The third kappa shape index (κ3) is 6.69. The fourth-order valence-corrected chi connectivity index (χ4v) is 5.13. The smallest absolute Gasteiger partial charge is 0.158 e. The molecular formula is C29H35ClN4O. The first kappa shape index (κ1) is 25.4. The summed E-state index contributed by atoms with van der Waals surface area (Å²) in [5.74, 6) is 0. The number of piperazine rings is 1. The highest BCUT2D eigenvalue weighted by Crippen LogP contribution is 2.30. The molecule has 2 aromatic carbocycles. The zero-order chi connectivity index (χ0) is 23.0. The Bertz CT molecular complexity index is 1000. The van der Waals surface area contributed by atoms with Crippen LogP contribution in [0.25, 0.3) is 0 Å². The van der Waals surface area contributed by atoms with Crippen LogP contribution >= 0.6 is 12.4 Å². The molecule has 5 nitrogen and oxygen atoms in total. The Hall–Kier alpha value is -2.73. The topological polar surface area (TPSA) is 41.0 Å². The van der Waals surface area contributed by atoms with E-state index in [0.29, 0.717) is 6.04 Å². The van der Waals surface area contributed by atoms with E-state index in [9.17, 15) is 0 Å². The van der Waals surface area contributed by atoms with Crippen LogP contribution in [0.3, 0.4) is 0 Å². The van der Waals surface area contributed by atoms with Gasteiger partial charge in [0.05, 0.1) is 11.8 Å². The SMILES string of the molecule is Cl.c1ccc(C(c2ccccc2)N2CCN(CCCCC3=NOC(c4ccncc4)C3)CC2)cc1. The molecule has 2 aliphatic rings. The number of pyridine rings is 1. The zero-order valence-corrected chi connectivity index (χ0v) is 21.0. The average Bonchev–Trinajstić information content (AvgIpc) is 3.39. The molecule has 3 heterocycles. The van der Waals surface area contributed by atoms with Crippen molar-refractivity contribution in [2.45, 2.75) is 37.8 Å². The summed E-state index contributed by atoms with van der Waals surface area (Å²) in [5, 5.41) is 4.34. The van der Waals surface area contributed by atoms with Crippen molar-refractivity contribution in [3.05, 3.63) is 102 Å². The van der Waals surface area contributed by atoms with Gasteiger partial charge in [0.1, 0.15) is 0 Å². The number of hydrogen-bond donors (Lipinski definition) is 0. The minimum atomic E-state index is 0. The van der Waals surface area contributed by atoms with Crippen molar-refractivity contribution < 1.29 is 4.84 Å². The maximum absolute atomic E-state index is 5.65. The van der Waals surface area contributed by atoms with Gasteiger partial charge in [-0.05, 0) is 54.6 Å². The lowest BCUT2D eigenvalue weighted by Gasteiger charge is -2.39. The lowest BCUT2D eigenvalue weighted by molar-refractivity contribution is 0.0856. The Balaban J connectivity index is 0.00000289. The Morgan fingerprint density at radius 1 is 0.800 bits per heavy atom. The maximum atomic E-state index is 5.65. The second kappa shape index (κ2) is 12.8. The van der Waals surface area contributed by atoms with E-state index in [1.807, 2.05) is 24.5 Å². The van der Waals surface area contributed by atoms with Gasteiger partial charge in [-0.15, -0.1) is 12.4 Å². The summed E-state index contributed by atoms with van der Waals surface area (Å²) in [5.41, 5.74) is 5.12. The van der Waals surface area contributed by atoms with Crippen molar-refractivity contribution >= 4 is 18.1 Å². The molecule has 35 heavy (non-hydrogen) atoms. The fourth-order valence-electron chi connectivity index (χ4n) is 5.13. The van der Waals surface area contributed by atoms with Crippen molar-refractivity contribution in [1.29, 1.82) is 0 Å². The molecule has 0 saturated carbocycles. The Morgan fingerprint density at radius 2 is 1.43 bits per heavy atom. The van der Waals surface area contributed by atoms with E-state index in [1.165, 1.54) is 29.7 Å². The minimum Gasteiger partial charge on any atom is -0.387 e. The molecule has 5 rings (SSSR count). The van der Waals surface area contributed by atoms with Crippen LogP contribution in [-0.2, 0) is 4.84 Å². The third-order valence-corrected chi connectivity index (χ3v) is 7.00. The Kier molecular flexibility index (Phi) is 9.29. The molecule has 1 unspecified atom stereocenters. The molecular weight excluding hydrogens is 456 g/mol. The summed E-state index contributed by atoms with van der Waals surface area (Å²) in [4.78, 5) is 15.0. The van der Waals surface area contributed by atoms with E-state index in [1.54, 1.807) is 0 Å². The number of nitrogens with zero attached hydrogens (tertiary/aromatic N) is 4. The van der Waals surface area contributed by atoms with E-state index in [4.69, 9.17) is 4.84 Å². The Morgan fingerprint density at radius 3 is 2.06 bits per heavy atom. The van der Waals surface area contributed by atoms with Crippen LogP contribution in [0.4, 0.5) is 0 Å². The van der Waals surface area contributed by atoms with Gasteiger partial charge in [-0.1, -0.05) is 65.8 Å². The van der Waals surface area contributed by atoms with E-state index in [2.05, 4.69) is 80.6 Å². The molecule has 1 aromatic heterocycles. The molecule has 0 spiro atoms. The highest BCUT2D eigenvalue weighted by Gasteiger charge is 2.26. The van der Waals surface area contributed by atoms with Crippen LogP contribution in [0.2, 0.25) is 0 Å². The number of aromatic nitrogens is 1. The number of unbranched alkanes of at least 4 members (excludes halogenated alkanes) is 1. The molecule has 0 aliphatic carbocycles. The first-order valence-corrected chi connectivity index (χ1v) is 12.5. The van der Waals surface area contributed by atoms with Gasteiger partial charge >= 0.3 is 0 Å². The molecule has 3 aromatic rings. The van der Waals surface area contributed by atoms with Crippen LogP contribution in [-0.4, -0.2) is 53.2 Å². The number of halogens is 1. The molecule has 0 bridgehead atoms. The molecule has 1 saturated heterocycles. The standard InChI is InChI=1S/C29H34N4O.ClH/c1-3-9-25(10-4-1)29(26-11-5-2-6-12-26)33-21-19-32(20-22-33)18-8-7-13-27-23-28(34-31-27)24-14-16-30-17-15-24;/h1-6,9-12,14-17,28-29H,7-8,13,18-23H2;1H. The second-order valence-corrected chi connectivity index (χ2v) is 9.29.